The Morgan fingerprint density at radius 1 is 0.905 bits per heavy atom. The van der Waals surface area contributed by atoms with Crippen LogP contribution < -0.4 is 0 Å². The number of esters is 1. The Kier molecular flexibility index (Phi) is 9.36. The molecule has 1 heterocycles. The van der Waals surface area contributed by atoms with Crippen molar-refractivity contribution in [2.24, 2.45) is 5.92 Å². The SMILES string of the molecule is CC(C)Cc1ccc(C(C)(C#N)Cc2ccc(C(=O)n3cc(CCCC(=O)OC(C)(C)C)c4ccccc43)cc2)cc1. The van der Waals surface area contributed by atoms with E-state index in [1.165, 1.54) is 5.56 Å². The van der Waals surface area contributed by atoms with Crippen LogP contribution in [-0.4, -0.2) is 22.0 Å². The van der Waals surface area contributed by atoms with Crippen LogP contribution in [0.15, 0.2) is 79.0 Å². The molecule has 0 saturated heterocycles. The normalized spacial score (nSPS) is 13.1. The van der Waals surface area contributed by atoms with Crippen molar-refractivity contribution in [3.05, 3.63) is 107 Å². The Bertz CT molecular complexity index is 1580. The van der Waals surface area contributed by atoms with Crippen molar-refractivity contribution in [3.8, 4) is 6.07 Å². The van der Waals surface area contributed by atoms with Crippen molar-refractivity contribution in [3.63, 3.8) is 0 Å². The van der Waals surface area contributed by atoms with E-state index < -0.39 is 11.0 Å². The van der Waals surface area contributed by atoms with Gasteiger partial charge in [0.15, 0.2) is 0 Å². The highest BCUT2D eigenvalue weighted by molar-refractivity contribution is 6.03. The van der Waals surface area contributed by atoms with E-state index >= 15 is 0 Å². The molecule has 5 nitrogen and oxygen atoms in total. The lowest BCUT2D eigenvalue weighted by molar-refractivity contribution is -0.154. The van der Waals surface area contributed by atoms with Gasteiger partial charge in [-0.15, -0.1) is 0 Å². The Hall–Kier alpha value is -4.17. The average molecular weight is 563 g/mol. The summed E-state index contributed by atoms with van der Waals surface area (Å²) in [5.74, 6) is 0.262. The fraction of sp³-hybridized carbons (Fsp3) is 0.378. The Morgan fingerprint density at radius 3 is 2.17 bits per heavy atom. The highest BCUT2D eigenvalue weighted by Gasteiger charge is 2.27. The number of para-hydroxylation sites is 1. The van der Waals surface area contributed by atoms with Crippen molar-refractivity contribution >= 4 is 22.8 Å². The number of carbonyl (C=O) groups excluding carboxylic acids is 2. The van der Waals surface area contributed by atoms with Crippen LogP contribution in [0.3, 0.4) is 0 Å². The number of fused-ring (bicyclic) bond motifs is 1. The van der Waals surface area contributed by atoms with Gasteiger partial charge in [-0.2, -0.15) is 5.26 Å². The number of benzene rings is 3. The van der Waals surface area contributed by atoms with Crippen LogP contribution in [0.5, 0.6) is 0 Å². The van der Waals surface area contributed by atoms with E-state index in [1.807, 2.05) is 82.4 Å². The third-order valence-electron chi connectivity index (χ3n) is 7.50. The first-order valence-electron chi connectivity index (χ1n) is 14.8. The van der Waals surface area contributed by atoms with E-state index in [0.29, 0.717) is 37.2 Å². The van der Waals surface area contributed by atoms with Crippen molar-refractivity contribution in [1.82, 2.24) is 4.57 Å². The number of hydrogen-bond acceptors (Lipinski definition) is 4. The summed E-state index contributed by atoms with van der Waals surface area (Å²) in [5, 5.41) is 11.1. The summed E-state index contributed by atoms with van der Waals surface area (Å²) in [7, 11) is 0. The van der Waals surface area contributed by atoms with E-state index in [1.54, 1.807) is 4.57 Å². The number of nitrogens with zero attached hydrogens (tertiary/aromatic N) is 2. The Balaban J connectivity index is 1.48. The molecule has 0 saturated carbocycles. The first kappa shape index (κ1) is 30.8. The molecule has 1 aromatic heterocycles. The molecular formula is C37H42N2O3. The van der Waals surface area contributed by atoms with Gasteiger partial charge in [-0.1, -0.05) is 68.4 Å². The van der Waals surface area contributed by atoms with Gasteiger partial charge in [0.1, 0.15) is 5.60 Å². The summed E-state index contributed by atoms with van der Waals surface area (Å²) >= 11 is 0. The number of rotatable bonds is 10. The van der Waals surface area contributed by atoms with Crippen LogP contribution in [0.25, 0.3) is 10.9 Å². The minimum Gasteiger partial charge on any atom is -0.460 e. The molecule has 1 unspecified atom stereocenters. The molecular weight excluding hydrogens is 520 g/mol. The van der Waals surface area contributed by atoms with Crippen LogP contribution in [0, 0.1) is 17.2 Å². The number of nitriles is 1. The highest BCUT2D eigenvalue weighted by Crippen LogP contribution is 2.29. The summed E-state index contributed by atoms with van der Waals surface area (Å²) < 4.78 is 7.14. The second-order valence-electron chi connectivity index (χ2n) is 12.9. The largest absolute Gasteiger partial charge is 0.460 e. The van der Waals surface area contributed by atoms with Crippen molar-refractivity contribution in [2.45, 2.75) is 84.7 Å². The molecule has 0 radical (unpaired) electrons. The molecule has 0 amide bonds. The Morgan fingerprint density at radius 2 is 1.55 bits per heavy atom. The molecule has 5 heteroatoms. The molecule has 3 aromatic carbocycles. The molecule has 0 bridgehead atoms. The van der Waals surface area contributed by atoms with E-state index in [0.717, 1.165) is 34.0 Å². The lowest BCUT2D eigenvalue weighted by Crippen LogP contribution is -2.23. The predicted molar refractivity (Wildman–Crippen MR) is 169 cm³/mol. The fourth-order valence-electron chi connectivity index (χ4n) is 5.43. The molecule has 218 valence electrons. The maximum Gasteiger partial charge on any atom is 0.306 e. The number of carbonyl (C=O) groups is 2. The molecule has 0 aliphatic carbocycles. The van der Waals surface area contributed by atoms with Crippen LogP contribution in [0.2, 0.25) is 0 Å². The zero-order valence-electron chi connectivity index (χ0n) is 25.7. The topological polar surface area (TPSA) is 72.1 Å². The van der Waals surface area contributed by atoms with Gasteiger partial charge in [-0.05, 0) is 99.7 Å². The zero-order valence-corrected chi connectivity index (χ0v) is 25.7. The van der Waals surface area contributed by atoms with E-state index in [4.69, 9.17) is 4.74 Å². The van der Waals surface area contributed by atoms with Gasteiger partial charge in [-0.3, -0.25) is 14.2 Å². The third-order valence-corrected chi connectivity index (χ3v) is 7.50. The quantitative estimate of drug-likeness (QED) is 0.183. The van der Waals surface area contributed by atoms with Gasteiger partial charge in [0, 0.05) is 23.6 Å². The predicted octanol–water partition coefficient (Wildman–Crippen LogP) is 8.22. The monoisotopic (exact) mass is 562 g/mol. The maximum atomic E-state index is 13.6. The summed E-state index contributed by atoms with van der Waals surface area (Å²) in [4.78, 5) is 25.8. The molecule has 0 aliphatic heterocycles. The van der Waals surface area contributed by atoms with Crippen molar-refractivity contribution in [1.29, 1.82) is 5.26 Å². The lowest BCUT2D eigenvalue weighted by Gasteiger charge is -2.23. The molecule has 4 aromatic rings. The summed E-state index contributed by atoms with van der Waals surface area (Å²) in [6, 6.07) is 26.4. The van der Waals surface area contributed by atoms with Gasteiger partial charge in [-0.25, -0.2) is 0 Å². The number of hydrogen-bond donors (Lipinski definition) is 0. The van der Waals surface area contributed by atoms with Crippen LogP contribution in [0.1, 0.15) is 87.0 Å². The zero-order chi connectivity index (χ0) is 30.5. The molecule has 0 spiro atoms. The van der Waals surface area contributed by atoms with Gasteiger partial charge in [0.25, 0.3) is 5.91 Å². The maximum absolute atomic E-state index is 13.6. The number of aromatic nitrogens is 1. The minimum absolute atomic E-state index is 0.111. The second kappa shape index (κ2) is 12.8. The van der Waals surface area contributed by atoms with E-state index in [2.05, 4.69) is 44.2 Å². The summed E-state index contributed by atoms with van der Waals surface area (Å²) in [6.45, 7) is 12.0. The standard InChI is InChI=1S/C37H42N2O3/c1-26(2)22-27-16-20-31(21-17-27)37(6,25-38)23-28-14-18-29(19-15-28)35(41)39-24-30(32-11-7-8-12-33(32)39)10-9-13-34(40)42-36(3,4)5/h7-8,11-12,14-21,24,26H,9-10,13,22-23H2,1-6H3. The van der Waals surface area contributed by atoms with Gasteiger partial charge >= 0.3 is 5.97 Å². The number of ether oxygens (including phenoxy) is 1. The van der Waals surface area contributed by atoms with E-state index in [9.17, 15) is 14.9 Å². The van der Waals surface area contributed by atoms with Gasteiger partial charge in [0.05, 0.1) is 17.0 Å². The lowest BCUT2D eigenvalue weighted by atomic mass is 9.78. The second-order valence-corrected chi connectivity index (χ2v) is 12.9. The molecule has 4 rings (SSSR count). The van der Waals surface area contributed by atoms with E-state index in [-0.39, 0.29) is 11.9 Å². The van der Waals surface area contributed by atoms with Crippen LogP contribution in [0.4, 0.5) is 0 Å². The smallest absolute Gasteiger partial charge is 0.306 e. The Labute approximate surface area is 250 Å². The van der Waals surface area contributed by atoms with Crippen LogP contribution >= 0.6 is 0 Å². The third kappa shape index (κ3) is 7.56. The van der Waals surface area contributed by atoms with Gasteiger partial charge in [0.2, 0.25) is 0 Å². The molecule has 42 heavy (non-hydrogen) atoms. The fourth-order valence-corrected chi connectivity index (χ4v) is 5.43. The van der Waals surface area contributed by atoms with Crippen LogP contribution in [-0.2, 0) is 34.2 Å². The summed E-state index contributed by atoms with van der Waals surface area (Å²) in [5.41, 5.74) is 4.56. The molecule has 0 N–H and O–H groups in total. The first-order chi connectivity index (χ1) is 19.9. The van der Waals surface area contributed by atoms with Gasteiger partial charge < -0.3 is 4.74 Å². The van der Waals surface area contributed by atoms with Crippen molar-refractivity contribution < 1.29 is 14.3 Å². The molecule has 1 atom stereocenters. The number of aryl methyl sites for hydroxylation is 1. The minimum atomic E-state index is -0.674. The molecule has 0 fully saturated rings. The molecule has 0 aliphatic rings. The first-order valence-corrected chi connectivity index (χ1v) is 14.8. The average Bonchev–Trinajstić information content (AvgIpc) is 3.30. The summed E-state index contributed by atoms with van der Waals surface area (Å²) in [6.07, 6.45) is 5.11. The highest BCUT2D eigenvalue weighted by atomic mass is 16.6. The van der Waals surface area contributed by atoms with Crippen molar-refractivity contribution in [2.75, 3.05) is 0 Å².